The van der Waals surface area contributed by atoms with Gasteiger partial charge in [0.15, 0.2) is 0 Å². The van der Waals surface area contributed by atoms with Crippen LogP contribution in [0.1, 0.15) is 31.4 Å². The number of aryl methyl sites for hydroxylation is 1. The molecule has 8 nitrogen and oxygen atoms in total. The van der Waals surface area contributed by atoms with E-state index in [2.05, 4.69) is 21.2 Å². The van der Waals surface area contributed by atoms with E-state index < -0.39 is 28.5 Å². The number of anilines is 1. The monoisotopic (exact) mass is 629 g/mol. The maximum Gasteiger partial charge on any atom is 0.264 e. The molecule has 0 aliphatic rings. The molecule has 0 aliphatic carbocycles. The molecule has 0 radical (unpaired) electrons. The highest BCUT2D eigenvalue weighted by Gasteiger charge is 2.33. The predicted octanol–water partition coefficient (Wildman–Crippen LogP) is 4.95. The Morgan fingerprint density at radius 2 is 1.68 bits per heavy atom. The van der Waals surface area contributed by atoms with Crippen molar-refractivity contribution in [3.05, 3.63) is 88.4 Å². The molecule has 1 N–H and O–H groups in total. The summed E-state index contributed by atoms with van der Waals surface area (Å²) < 4.78 is 34.8. The van der Waals surface area contributed by atoms with Gasteiger partial charge in [0.1, 0.15) is 18.3 Å². The highest BCUT2D eigenvalue weighted by molar-refractivity contribution is 9.10. The van der Waals surface area contributed by atoms with E-state index in [1.807, 2.05) is 51.1 Å². The zero-order valence-corrected chi connectivity index (χ0v) is 25.7. The molecule has 1 unspecified atom stereocenters. The molecule has 0 saturated heterocycles. The van der Waals surface area contributed by atoms with Crippen LogP contribution < -0.4 is 14.4 Å². The minimum absolute atomic E-state index is 0.000142. The average Bonchev–Trinajstić information content (AvgIpc) is 2.94. The first kappa shape index (κ1) is 31.2. The lowest BCUT2D eigenvalue weighted by Crippen LogP contribution is -2.53. The van der Waals surface area contributed by atoms with Crippen LogP contribution in [-0.4, -0.2) is 57.9 Å². The Labute approximate surface area is 245 Å². The Kier molecular flexibility index (Phi) is 11.2. The SMILES string of the molecule is CCNC(=O)C(CC)N(CCc1ccccc1)C(=O)CN(c1ccc(C)cc1)S(=O)(=O)c1ccc(OC)c(Br)c1. The molecule has 3 aromatic rings. The largest absolute Gasteiger partial charge is 0.496 e. The van der Waals surface area contributed by atoms with Gasteiger partial charge in [-0.25, -0.2) is 8.42 Å². The quantitative estimate of drug-likeness (QED) is 0.289. The van der Waals surface area contributed by atoms with Gasteiger partial charge in [0.05, 0.1) is 22.2 Å². The molecule has 0 fully saturated rings. The maximum atomic E-state index is 14.0. The van der Waals surface area contributed by atoms with Crippen LogP contribution in [0.5, 0.6) is 5.75 Å². The zero-order valence-electron chi connectivity index (χ0n) is 23.3. The third-order valence-electron chi connectivity index (χ3n) is 6.53. The molecule has 214 valence electrons. The van der Waals surface area contributed by atoms with Crippen LogP contribution in [0.4, 0.5) is 5.69 Å². The normalized spacial score (nSPS) is 11.9. The number of nitrogens with zero attached hydrogens (tertiary/aromatic N) is 2. The Hall–Kier alpha value is -3.37. The number of hydrogen-bond acceptors (Lipinski definition) is 5. The van der Waals surface area contributed by atoms with Crippen LogP contribution in [0.15, 0.2) is 82.2 Å². The predicted molar refractivity (Wildman–Crippen MR) is 161 cm³/mol. The van der Waals surface area contributed by atoms with E-state index in [0.29, 0.717) is 35.3 Å². The van der Waals surface area contributed by atoms with Crippen LogP contribution in [0.3, 0.4) is 0 Å². The van der Waals surface area contributed by atoms with Crippen LogP contribution in [-0.2, 0) is 26.0 Å². The second-order valence-electron chi connectivity index (χ2n) is 9.28. The molecule has 40 heavy (non-hydrogen) atoms. The van der Waals surface area contributed by atoms with E-state index in [1.165, 1.54) is 24.1 Å². The van der Waals surface area contributed by atoms with Gasteiger partial charge in [0.2, 0.25) is 11.8 Å². The Balaban J connectivity index is 2.02. The number of amides is 2. The molecule has 0 heterocycles. The Bertz CT molecular complexity index is 1400. The van der Waals surface area contributed by atoms with Crippen molar-refractivity contribution in [2.45, 2.75) is 44.6 Å². The van der Waals surface area contributed by atoms with Crippen LogP contribution >= 0.6 is 15.9 Å². The number of nitrogens with one attached hydrogen (secondary N) is 1. The van der Waals surface area contributed by atoms with Crippen molar-refractivity contribution in [3.8, 4) is 5.75 Å². The van der Waals surface area contributed by atoms with Crippen molar-refractivity contribution < 1.29 is 22.7 Å². The van der Waals surface area contributed by atoms with Crippen molar-refractivity contribution in [2.24, 2.45) is 0 Å². The third-order valence-corrected chi connectivity index (χ3v) is 8.92. The first-order valence-electron chi connectivity index (χ1n) is 13.2. The first-order chi connectivity index (χ1) is 19.1. The number of carbonyl (C=O) groups excluding carboxylic acids is 2. The van der Waals surface area contributed by atoms with Crippen molar-refractivity contribution in [1.82, 2.24) is 10.2 Å². The van der Waals surface area contributed by atoms with Gasteiger partial charge >= 0.3 is 0 Å². The summed E-state index contributed by atoms with van der Waals surface area (Å²) in [4.78, 5) is 28.5. The van der Waals surface area contributed by atoms with Gasteiger partial charge in [-0.1, -0.05) is 55.0 Å². The van der Waals surface area contributed by atoms with E-state index in [9.17, 15) is 18.0 Å². The van der Waals surface area contributed by atoms with Gasteiger partial charge in [-0.3, -0.25) is 13.9 Å². The second-order valence-corrected chi connectivity index (χ2v) is 12.0. The van der Waals surface area contributed by atoms with E-state index >= 15 is 0 Å². The number of methoxy groups -OCH3 is 1. The summed E-state index contributed by atoms with van der Waals surface area (Å²) in [7, 11) is -2.68. The number of sulfonamides is 1. The molecule has 0 saturated carbocycles. The lowest BCUT2D eigenvalue weighted by atomic mass is 10.1. The minimum Gasteiger partial charge on any atom is -0.496 e. The molecule has 0 aromatic heterocycles. The van der Waals surface area contributed by atoms with Crippen molar-refractivity contribution >= 4 is 43.5 Å². The molecule has 0 aliphatic heterocycles. The molecule has 3 aromatic carbocycles. The van der Waals surface area contributed by atoms with Crippen molar-refractivity contribution in [2.75, 3.05) is 31.0 Å². The smallest absolute Gasteiger partial charge is 0.264 e. The highest BCUT2D eigenvalue weighted by atomic mass is 79.9. The van der Waals surface area contributed by atoms with E-state index in [1.54, 1.807) is 30.3 Å². The molecule has 3 rings (SSSR count). The number of rotatable bonds is 13. The second kappa shape index (κ2) is 14.3. The number of hydrogen-bond donors (Lipinski definition) is 1. The molecular formula is C30H36BrN3O5S. The molecule has 10 heteroatoms. The van der Waals surface area contributed by atoms with E-state index in [-0.39, 0.29) is 17.3 Å². The minimum atomic E-state index is -4.17. The first-order valence-corrected chi connectivity index (χ1v) is 15.4. The maximum absolute atomic E-state index is 14.0. The fraction of sp³-hybridized carbons (Fsp3) is 0.333. The summed E-state index contributed by atoms with van der Waals surface area (Å²) in [5, 5.41) is 2.81. The molecule has 2 amide bonds. The standard InChI is InChI=1S/C30H36BrN3O5S/c1-5-27(30(36)32-6-2)33(19-18-23-10-8-7-9-11-23)29(35)21-34(24-14-12-22(3)13-15-24)40(37,38)25-16-17-28(39-4)26(31)20-25/h7-17,20,27H,5-6,18-19,21H2,1-4H3,(H,32,36). The number of halogens is 1. The topological polar surface area (TPSA) is 96.0 Å². The third kappa shape index (κ3) is 7.63. The van der Waals surface area contributed by atoms with Crippen LogP contribution in [0.2, 0.25) is 0 Å². The Morgan fingerprint density at radius 1 is 1.00 bits per heavy atom. The van der Waals surface area contributed by atoms with Gasteiger partial charge in [0, 0.05) is 13.1 Å². The van der Waals surface area contributed by atoms with Crippen LogP contribution in [0.25, 0.3) is 0 Å². The van der Waals surface area contributed by atoms with Gasteiger partial charge < -0.3 is 15.0 Å². The van der Waals surface area contributed by atoms with E-state index in [0.717, 1.165) is 15.4 Å². The van der Waals surface area contributed by atoms with Gasteiger partial charge in [-0.2, -0.15) is 0 Å². The number of carbonyl (C=O) groups is 2. The highest BCUT2D eigenvalue weighted by Crippen LogP contribution is 2.31. The molecule has 0 bridgehead atoms. The summed E-state index contributed by atoms with van der Waals surface area (Å²) in [6, 6.07) is 20.3. The lowest BCUT2D eigenvalue weighted by Gasteiger charge is -2.33. The fourth-order valence-electron chi connectivity index (χ4n) is 4.36. The van der Waals surface area contributed by atoms with Crippen molar-refractivity contribution in [1.29, 1.82) is 0 Å². The summed E-state index contributed by atoms with van der Waals surface area (Å²) in [5.41, 5.74) is 2.31. The number of benzene rings is 3. The molecule has 0 spiro atoms. The summed E-state index contributed by atoms with van der Waals surface area (Å²) >= 11 is 3.36. The molecule has 1 atom stereocenters. The van der Waals surface area contributed by atoms with Gasteiger partial charge in [-0.15, -0.1) is 0 Å². The zero-order chi connectivity index (χ0) is 29.3. The fourth-order valence-corrected chi connectivity index (χ4v) is 6.50. The number of ether oxygens (including phenoxy) is 1. The lowest BCUT2D eigenvalue weighted by molar-refractivity contribution is -0.139. The van der Waals surface area contributed by atoms with Gasteiger partial charge in [0.25, 0.3) is 10.0 Å². The summed E-state index contributed by atoms with van der Waals surface area (Å²) in [6.07, 6.45) is 0.903. The summed E-state index contributed by atoms with van der Waals surface area (Å²) in [6.45, 7) is 5.77. The van der Waals surface area contributed by atoms with Crippen LogP contribution in [0, 0.1) is 6.92 Å². The van der Waals surface area contributed by atoms with Crippen molar-refractivity contribution in [3.63, 3.8) is 0 Å². The van der Waals surface area contributed by atoms with Gasteiger partial charge in [-0.05, 0) is 78.5 Å². The van der Waals surface area contributed by atoms with E-state index in [4.69, 9.17) is 4.74 Å². The number of likely N-dealkylation sites (N-methyl/N-ethyl adjacent to an activating group) is 1. The average molecular weight is 631 g/mol. The molecular weight excluding hydrogens is 594 g/mol. The summed E-state index contributed by atoms with van der Waals surface area (Å²) in [5.74, 6) is -0.252. The Morgan fingerprint density at radius 3 is 2.25 bits per heavy atom.